The molecule has 3 saturated heterocycles. The molecule has 3 aliphatic heterocycles. The summed E-state index contributed by atoms with van der Waals surface area (Å²) in [6.45, 7) is 7.56. The molecule has 29 heavy (non-hydrogen) atoms. The van der Waals surface area contributed by atoms with E-state index in [0.717, 1.165) is 0 Å². The SMILES string of the molecule is CC1(C)O[C@H]2O[C@H]([C@H]3COC(C)(C)O3)[C@@H](NC(=O)Cc3ccc(F)cc3Cl)[C@H]2O1. The Labute approximate surface area is 173 Å². The van der Waals surface area contributed by atoms with Crippen molar-refractivity contribution in [3.8, 4) is 0 Å². The predicted octanol–water partition coefficient (Wildman–Crippen LogP) is 2.53. The Balaban J connectivity index is 1.50. The molecule has 0 aromatic heterocycles. The zero-order valence-electron chi connectivity index (χ0n) is 16.7. The van der Waals surface area contributed by atoms with Crippen LogP contribution in [0.3, 0.4) is 0 Å². The minimum atomic E-state index is -0.824. The molecule has 3 aliphatic rings. The van der Waals surface area contributed by atoms with E-state index in [2.05, 4.69) is 5.32 Å². The molecule has 5 atom stereocenters. The van der Waals surface area contributed by atoms with Gasteiger partial charge >= 0.3 is 0 Å². The Hall–Kier alpha value is -1.29. The van der Waals surface area contributed by atoms with Crippen LogP contribution >= 0.6 is 11.6 Å². The van der Waals surface area contributed by atoms with Crippen LogP contribution in [0.2, 0.25) is 5.02 Å². The molecule has 0 unspecified atom stereocenters. The number of benzene rings is 1. The van der Waals surface area contributed by atoms with Gasteiger partial charge in [0.2, 0.25) is 5.91 Å². The molecule has 0 aliphatic carbocycles. The summed E-state index contributed by atoms with van der Waals surface area (Å²) in [5.41, 5.74) is 0.531. The van der Waals surface area contributed by atoms with Gasteiger partial charge in [0.15, 0.2) is 17.9 Å². The first-order chi connectivity index (χ1) is 13.5. The third-order valence-electron chi connectivity index (χ3n) is 5.18. The van der Waals surface area contributed by atoms with Crippen molar-refractivity contribution in [1.82, 2.24) is 5.32 Å². The summed E-state index contributed by atoms with van der Waals surface area (Å²) in [6, 6.07) is 3.45. The standard InChI is InChI=1S/C20H25ClFNO6/c1-19(2)25-9-13(27-19)16-15(17-18(26-16)29-20(3,4)28-17)23-14(24)7-10-5-6-11(22)8-12(10)21/h5-6,8,13,15-18H,7,9H2,1-4H3,(H,23,24)/t13-,15-,16-,17-,18-/m1/s1. The van der Waals surface area contributed by atoms with Gasteiger partial charge in [-0.05, 0) is 45.4 Å². The molecule has 7 nitrogen and oxygen atoms in total. The maximum absolute atomic E-state index is 13.3. The first kappa shape index (κ1) is 21.0. The lowest BCUT2D eigenvalue weighted by Crippen LogP contribution is -2.53. The van der Waals surface area contributed by atoms with Gasteiger partial charge < -0.3 is 29.0 Å². The molecular formula is C20H25ClFNO6. The second-order valence-electron chi connectivity index (χ2n) is 8.44. The molecule has 1 aromatic rings. The molecule has 160 valence electrons. The van der Waals surface area contributed by atoms with Crippen LogP contribution in [0.25, 0.3) is 0 Å². The molecule has 4 rings (SSSR count). The van der Waals surface area contributed by atoms with Crippen molar-refractivity contribution in [1.29, 1.82) is 0 Å². The van der Waals surface area contributed by atoms with Crippen LogP contribution in [0.4, 0.5) is 4.39 Å². The second kappa shape index (κ2) is 7.44. The molecule has 0 saturated carbocycles. The average Bonchev–Trinajstić information content (AvgIpc) is 3.20. The summed E-state index contributed by atoms with van der Waals surface area (Å²) < 4.78 is 42.7. The Bertz CT molecular complexity index is 803. The van der Waals surface area contributed by atoms with E-state index in [1.807, 2.05) is 13.8 Å². The van der Waals surface area contributed by atoms with Crippen LogP contribution in [0, 0.1) is 5.82 Å². The lowest BCUT2D eigenvalue weighted by atomic mass is 10.0. The van der Waals surface area contributed by atoms with Gasteiger partial charge in [0.25, 0.3) is 0 Å². The quantitative estimate of drug-likeness (QED) is 0.792. The van der Waals surface area contributed by atoms with Crippen LogP contribution in [0.5, 0.6) is 0 Å². The molecule has 0 spiro atoms. The lowest BCUT2D eigenvalue weighted by Gasteiger charge is -2.29. The van der Waals surface area contributed by atoms with Gasteiger partial charge in [-0.1, -0.05) is 17.7 Å². The van der Waals surface area contributed by atoms with Crippen LogP contribution < -0.4 is 5.32 Å². The van der Waals surface area contributed by atoms with E-state index >= 15 is 0 Å². The van der Waals surface area contributed by atoms with Crippen LogP contribution in [0.15, 0.2) is 18.2 Å². The van der Waals surface area contributed by atoms with E-state index < -0.39 is 41.9 Å². The summed E-state index contributed by atoms with van der Waals surface area (Å²) in [5, 5.41) is 3.18. The van der Waals surface area contributed by atoms with E-state index in [-0.39, 0.29) is 23.5 Å². The number of rotatable bonds is 4. The lowest BCUT2D eigenvalue weighted by molar-refractivity contribution is -0.223. The molecule has 1 amide bonds. The third kappa shape index (κ3) is 4.42. The Morgan fingerprint density at radius 2 is 1.93 bits per heavy atom. The number of hydrogen-bond acceptors (Lipinski definition) is 6. The van der Waals surface area contributed by atoms with Gasteiger partial charge in [0, 0.05) is 5.02 Å². The van der Waals surface area contributed by atoms with E-state index in [0.29, 0.717) is 12.2 Å². The number of carbonyl (C=O) groups excluding carboxylic acids is 1. The first-order valence-corrected chi connectivity index (χ1v) is 9.97. The van der Waals surface area contributed by atoms with Crippen LogP contribution in [-0.2, 0) is 34.9 Å². The predicted molar refractivity (Wildman–Crippen MR) is 101 cm³/mol. The first-order valence-electron chi connectivity index (χ1n) is 9.59. The topological polar surface area (TPSA) is 75.3 Å². The van der Waals surface area contributed by atoms with Crippen LogP contribution in [-0.4, -0.2) is 54.7 Å². The number of hydrogen-bond donors (Lipinski definition) is 1. The van der Waals surface area contributed by atoms with Gasteiger partial charge in [0.1, 0.15) is 24.1 Å². The second-order valence-corrected chi connectivity index (χ2v) is 8.85. The van der Waals surface area contributed by atoms with E-state index in [4.69, 9.17) is 35.3 Å². The Morgan fingerprint density at radius 3 is 2.59 bits per heavy atom. The number of ether oxygens (including phenoxy) is 5. The van der Waals surface area contributed by atoms with Gasteiger partial charge in [-0.15, -0.1) is 0 Å². The monoisotopic (exact) mass is 429 g/mol. The van der Waals surface area contributed by atoms with Crippen molar-refractivity contribution >= 4 is 17.5 Å². The fraction of sp³-hybridized carbons (Fsp3) is 0.650. The molecule has 3 fully saturated rings. The summed E-state index contributed by atoms with van der Waals surface area (Å²) in [4.78, 5) is 12.8. The smallest absolute Gasteiger partial charge is 0.224 e. The van der Waals surface area contributed by atoms with Crippen LogP contribution in [0.1, 0.15) is 33.3 Å². The van der Waals surface area contributed by atoms with E-state index in [1.165, 1.54) is 18.2 Å². The summed E-state index contributed by atoms with van der Waals surface area (Å²) in [5.74, 6) is -2.30. The third-order valence-corrected chi connectivity index (χ3v) is 5.53. The highest BCUT2D eigenvalue weighted by Crippen LogP contribution is 2.40. The van der Waals surface area contributed by atoms with E-state index in [1.54, 1.807) is 13.8 Å². The van der Waals surface area contributed by atoms with E-state index in [9.17, 15) is 9.18 Å². The van der Waals surface area contributed by atoms with Crippen molar-refractivity contribution in [3.05, 3.63) is 34.6 Å². The highest BCUT2D eigenvalue weighted by atomic mass is 35.5. The minimum absolute atomic E-state index is 0.00249. The highest BCUT2D eigenvalue weighted by molar-refractivity contribution is 6.31. The van der Waals surface area contributed by atoms with Gasteiger partial charge in [-0.25, -0.2) is 4.39 Å². The summed E-state index contributed by atoms with van der Waals surface area (Å²) >= 11 is 6.05. The molecule has 3 heterocycles. The molecule has 1 N–H and O–H groups in total. The van der Waals surface area contributed by atoms with Crippen molar-refractivity contribution in [2.75, 3.05) is 6.61 Å². The fourth-order valence-corrected chi connectivity index (χ4v) is 4.20. The average molecular weight is 430 g/mol. The Morgan fingerprint density at radius 1 is 1.17 bits per heavy atom. The molecular weight excluding hydrogens is 405 g/mol. The maximum atomic E-state index is 13.3. The zero-order valence-corrected chi connectivity index (χ0v) is 17.5. The Kier molecular flexibility index (Phi) is 5.38. The number of nitrogens with one attached hydrogen (secondary N) is 1. The fourth-order valence-electron chi connectivity index (χ4n) is 3.97. The number of halogens is 2. The van der Waals surface area contributed by atoms with Crippen molar-refractivity contribution in [2.45, 2.75) is 76.3 Å². The zero-order chi connectivity index (χ0) is 21.0. The largest absolute Gasteiger partial charge is 0.348 e. The van der Waals surface area contributed by atoms with Gasteiger partial charge in [0.05, 0.1) is 19.1 Å². The molecule has 0 bridgehead atoms. The van der Waals surface area contributed by atoms with Crippen molar-refractivity contribution < 1.29 is 32.9 Å². The number of fused-ring (bicyclic) bond motifs is 1. The molecule has 9 heteroatoms. The summed E-state index contributed by atoms with van der Waals surface area (Å²) in [6.07, 6.45) is -2.00. The number of amides is 1. The normalized spacial score (nSPS) is 34.9. The van der Waals surface area contributed by atoms with Crippen molar-refractivity contribution in [3.63, 3.8) is 0 Å². The molecule has 0 radical (unpaired) electrons. The van der Waals surface area contributed by atoms with Gasteiger partial charge in [-0.3, -0.25) is 4.79 Å². The summed E-state index contributed by atoms with van der Waals surface area (Å²) in [7, 11) is 0. The number of carbonyl (C=O) groups is 1. The maximum Gasteiger partial charge on any atom is 0.224 e. The highest BCUT2D eigenvalue weighted by Gasteiger charge is 2.58. The van der Waals surface area contributed by atoms with Gasteiger partial charge in [-0.2, -0.15) is 0 Å². The minimum Gasteiger partial charge on any atom is -0.348 e. The molecule has 1 aromatic carbocycles. The van der Waals surface area contributed by atoms with Crippen molar-refractivity contribution in [2.24, 2.45) is 0 Å².